The minimum atomic E-state index is -0.691. The first-order valence-corrected chi connectivity index (χ1v) is 4.36. The highest BCUT2D eigenvalue weighted by atomic mass is 16.6. The summed E-state index contributed by atoms with van der Waals surface area (Å²) in [5.41, 5.74) is 4.51. The molecule has 0 radical (unpaired) electrons. The van der Waals surface area contributed by atoms with Crippen LogP contribution in [0.4, 0.5) is 4.79 Å². The third-order valence-electron chi connectivity index (χ3n) is 1.91. The SMILES string of the molecule is CCC(C)CC(C)(C)OC(N)=O. The molecule has 0 bridgehead atoms. The van der Waals surface area contributed by atoms with Gasteiger partial charge in [0.15, 0.2) is 0 Å². The van der Waals surface area contributed by atoms with Crippen LogP contribution in [0.5, 0.6) is 0 Å². The lowest BCUT2D eigenvalue weighted by atomic mass is 9.93. The van der Waals surface area contributed by atoms with Gasteiger partial charge in [0.25, 0.3) is 0 Å². The van der Waals surface area contributed by atoms with E-state index >= 15 is 0 Å². The highest BCUT2D eigenvalue weighted by Crippen LogP contribution is 2.21. The van der Waals surface area contributed by atoms with Crippen molar-refractivity contribution in [1.29, 1.82) is 0 Å². The van der Waals surface area contributed by atoms with E-state index < -0.39 is 11.7 Å². The van der Waals surface area contributed by atoms with Crippen LogP contribution < -0.4 is 5.73 Å². The number of ether oxygens (including phenoxy) is 1. The Labute approximate surface area is 74.3 Å². The zero-order valence-electron chi connectivity index (χ0n) is 8.39. The average molecular weight is 173 g/mol. The maximum absolute atomic E-state index is 10.5. The van der Waals surface area contributed by atoms with Gasteiger partial charge in [0.2, 0.25) is 0 Å². The van der Waals surface area contributed by atoms with Crippen molar-refractivity contribution in [3.8, 4) is 0 Å². The second-order valence-corrected chi connectivity index (χ2v) is 3.90. The van der Waals surface area contributed by atoms with Crippen molar-refractivity contribution in [2.45, 2.75) is 46.1 Å². The maximum Gasteiger partial charge on any atom is 0.405 e. The summed E-state index contributed by atoms with van der Waals surface area (Å²) >= 11 is 0. The average Bonchev–Trinajstić information content (AvgIpc) is 1.83. The number of amides is 1. The van der Waals surface area contributed by atoms with Crippen LogP contribution in [0.2, 0.25) is 0 Å². The Hall–Kier alpha value is -0.730. The molecule has 0 saturated carbocycles. The van der Waals surface area contributed by atoms with Gasteiger partial charge in [-0.1, -0.05) is 20.3 Å². The quantitative estimate of drug-likeness (QED) is 0.709. The predicted molar refractivity (Wildman–Crippen MR) is 48.8 cm³/mol. The van der Waals surface area contributed by atoms with Crippen LogP contribution in [0.15, 0.2) is 0 Å². The number of hydrogen-bond donors (Lipinski definition) is 1. The smallest absolute Gasteiger partial charge is 0.405 e. The Morgan fingerprint density at radius 1 is 1.58 bits per heavy atom. The Morgan fingerprint density at radius 3 is 2.42 bits per heavy atom. The summed E-state index contributed by atoms with van der Waals surface area (Å²) in [5.74, 6) is 0.555. The van der Waals surface area contributed by atoms with E-state index in [1.165, 1.54) is 0 Å². The molecule has 0 saturated heterocycles. The lowest BCUT2D eigenvalue weighted by Crippen LogP contribution is -2.32. The van der Waals surface area contributed by atoms with Crippen molar-refractivity contribution in [2.75, 3.05) is 0 Å². The van der Waals surface area contributed by atoms with Gasteiger partial charge in [-0.25, -0.2) is 4.79 Å². The number of nitrogens with two attached hydrogens (primary N) is 1. The van der Waals surface area contributed by atoms with E-state index in [9.17, 15) is 4.79 Å². The molecule has 1 unspecified atom stereocenters. The fourth-order valence-electron chi connectivity index (χ4n) is 1.30. The zero-order valence-corrected chi connectivity index (χ0v) is 8.39. The van der Waals surface area contributed by atoms with Gasteiger partial charge in [-0.3, -0.25) is 0 Å². The molecule has 3 nitrogen and oxygen atoms in total. The molecule has 0 aromatic carbocycles. The summed E-state index contributed by atoms with van der Waals surface area (Å²) < 4.78 is 4.95. The lowest BCUT2D eigenvalue weighted by molar-refractivity contribution is 0.0280. The van der Waals surface area contributed by atoms with Crippen LogP contribution in [0.25, 0.3) is 0 Å². The van der Waals surface area contributed by atoms with Crippen molar-refractivity contribution in [3.63, 3.8) is 0 Å². The summed E-state index contributed by atoms with van der Waals surface area (Å²) in [6.45, 7) is 8.00. The standard InChI is InChI=1S/C9H19NO2/c1-5-7(2)6-9(3,4)12-8(10)11/h7H,5-6H2,1-4H3,(H2,10,11). The summed E-state index contributed by atoms with van der Waals surface area (Å²) in [7, 11) is 0. The maximum atomic E-state index is 10.5. The molecule has 0 fully saturated rings. The number of primary amides is 1. The molecule has 0 aromatic heterocycles. The highest BCUT2D eigenvalue weighted by molar-refractivity contribution is 5.65. The van der Waals surface area contributed by atoms with E-state index in [1.54, 1.807) is 0 Å². The molecule has 0 aliphatic carbocycles. The number of carbonyl (C=O) groups excluding carboxylic acids is 1. The van der Waals surface area contributed by atoms with Gasteiger partial charge >= 0.3 is 6.09 Å². The van der Waals surface area contributed by atoms with Gasteiger partial charge in [0.05, 0.1) is 0 Å². The molecule has 0 aliphatic rings. The summed E-state index contributed by atoms with van der Waals surface area (Å²) in [5, 5.41) is 0. The van der Waals surface area contributed by atoms with Crippen LogP contribution in [0.3, 0.4) is 0 Å². The van der Waals surface area contributed by atoms with Crippen molar-refractivity contribution in [1.82, 2.24) is 0 Å². The van der Waals surface area contributed by atoms with Crippen molar-refractivity contribution in [2.24, 2.45) is 11.7 Å². The molecule has 0 aliphatic heterocycles. The third kappa shape index (κ3) is 4.99. The first kappa shape index (κ1) is 11.3. The van der Waals surface area contributed by atoms with Gasteiger partial charge in [-0.15, -0.1) is 0 Å². The minimum absolute atomic E-state index is 0.429. The fraction of sp³-hybridized carbons (Fsp3) is 0.889. The second kappa shape index (κ2) is 4.33. The second-order valence-electron chi connectivity index (χ2n) is 3.90. The Morgan fingerprint density at radius 2 is 2.08 bits per heavy atom. The van der Waals surface area contributed by atoms with Crippen LogP contribution in [-0.2, 0) is 4.74 Å². The van der Waals surface area contributed by atoms with Crippen LogP contribution in [0.1, 0.15) is 40.5 Å². The molecule has 0 heterocycles. The Balaban J connectivity index is 3.94. The Kier molecular flexibility index (Phi) is 4.07. The molecular weight excluding hydrogens is 154 g/mol. The predicted octanol–water partition coefficient (Wildman–Crippen LogP) is 2.30. The van der Waals surface area contributed by atoms with E-state index in [0.29, 0.717) is 5.92 Å². The van der Waals surface area contributed by atoms with Crippen LogP contribution in [0, 0.1) is 5.92 Å². The third-order valence-corrected chi connectivity index (χ3v) is 1.91. The lowest BCUT2D eigenvalue weighted by Gasteiger charge is -2.26. The van der Waals surface area contributed by atoms with Gasteiger partial charge in [-0.2, -0.15) is 0 Å². The zero-order chi connectivity index (χ0) is 9.78. The summed E-state index contributed by atoms with van der Waals surface area (Å²) in [6.07, 6.45) is 1.25. The molecule has 12 heavy (non-hydrogen) atoms. The molecule has 1 amide bonds. The topological polar surface area (TPSA) is 52.3 Å². The van der Waals surface area contributed by atoms with Crippen LogP contribution >= 0.6 is 0 Å². The van der Waals surface area contributed by atoms with E-state index in [1.807, 2.05) is 13.8 Å². The van der Waals surface area contributed by atoms with Crippen molar-refractivity contribution < 1.29 is 9.53 Å². The fourth-order valence-corrected chi connectivity index (χ4v) is 1.30. The molecule has 1 atom stereocenters. The number of rotatable bonds is 4. The molecule has 0 rings (SSSR count). The Bertz CT molecular complexity index is 155. The van der Waals surface area contributed by atoms with E-state index in [2.05, 4.69) is 13.8 Å². The van der Waals surface area contributed by atoms with Crippen molar-refractivity contribution >= 4 is 6.09 Å². The van der Waals surface area contributed by atoms with Gasteiger partial charge < -0.3 is 10.5 Å². The number of carbonyl (C=O) groups is 1. The monoisotopic (exact) mass is 173 g/mol. The molecule has 0 aromatic rings. The van der Waals surface area contributed by atoms with Gasteiger partial charge in [-0.05, 0) is 26.2 Å². The van der Waals surface area contributed by atoms with Crippen LogP contribution in [-0.4, -0.2) is 11.7 Å². The number of hydrogen-bond acceptors (Lipinski definition) is 2. The van der Waals surface area contributed by atoms with Gasteiger partial charge in [0, 0.05) is 0 Å². The molecule has 3 heteroatoms. The first-order valence-electron chi connectivity index (χ1n) is 4.36. The summed E-state index contributed by atoms with van der Waals surface area (Å²) in [6, 6.07) is 0. The normalized spacial score (nSPS) is 14.0. The van der Waals surface area contributed by atoms with Gasteiger partial charge in [0.1, 0.15) is 5.60 Å². The molecular formula is C9H19NO2. The van der Waals surface area contributed by atoms with E-state index in [-0.39, 0.29) is 0 Å². The first-order chi connectivity index (χ1) is 5.37. The molecule has 2 N–H and O–H groups in total. The largest absolute Gasteiger partial charge is 0.444 e. The van der Waals surface area contributed by atoms with E-state index in [0.717, 1.165) is 12.8 Å². The minimum Gasteiger partial charge on any atom is -0.444 e. The highest BCUT2D eigenvalue weighted by Gasteiger charge is 2.23. The summed E-state index contributed by atoms with van der Waals surface area (Å²) in [4.78, 5) is 10.5. The van der Waals surface area contributed by atoms with Crippen molar-refractivity contribution in [3.05, 3.63) is 0 Å². The van der Waals surface area contributed by atoms with E-state index in [4.69, 9.17) is 10.5 Å². The molecule has 72 valence electrons. The molecule has 0 spiro atoms.